The first-order valence-corrected chi connectivity index (χ1v) is 4.11. The van der Waals surface area contributed by atoms with Crippen molar-refractivity contribution in [3.63, 3.8) is 0 Å². The highest BCUT2D eigenvalue weighted by Crippen LogP contribution is 2.06. The van der Waals surface area contributed by atoms with Crippen LogP contribution in [0.4, 0.5) is 10.5 Å². The Morgan fingerprint density at radius 2 is 2.13 bits per heavy atom. The van der Waals surface area contributed by atoms with E-state index in [4.69, 9.17) is 5.73 Å². The molecule has 0 spiro atoms. The molecule has 1 aliphatic heterocycles. The van der Waals surface area contributed by atoms with Crippen LogP contribution in [-0.4, -0.2) is 19.1 Å². The van der Waals surface area contributed by atoms with Gasteiger partial charge in [-0.25, -0.2) is 9.59 Å². The monoisotopic (exact) mass is 205 g/mol. The second-order valence-electron chi connectivity index (χ2n) is 2.89. The summed E-state index contributed by atoms with van der Waals surface area (Å²) < 4.78 is 4.53. The van der Waals surface area contributed by atoms with Gasteiger partial charge in [-0.05, 0) is 12.1 Å². The van der Waals surface area contributed by atoms with E-state index in [0.29, 0.717) is 5.36 Å². The van der Waals surface area contributed by atoms with Crippen molar-refractivity contribution < 1.29 is 14.3 Å². The summed E-state index contributed by atoms with van der Waals surface area (Å²) in [4.78, 5) is 29.3. The Morgan fingerprint density at radius 3 is 2.80 bits per heavy atom. The zero-order valence-electron chi connectivity index (χ0n) is 7.85. The van der Waals surface area contributed by atoms with Crippen LogP contribution in [0.2, 0.25) is 0 Å². The fourth-order valence-electron chi connectivity index (χ4n) is 1.32. The quantitative estimate of drug-likeness (QED) is 0.490. The predicted molar refractivity (Wildman–Crippen MR) is 49.9 cm³/mol. The van der Waals surface area contributed by atoms with Gasteiger partial charge in [-0.3, -0.25) is 0 Å². The van der Waals surface area contributed by atoms with E-state index in [1.165, 1.54) is 19.2 Å². The van der Waals surface area contributed by atoms with Gasteiger partial charge in [0.1, 0.15) is 5.36 Å². The number of urea groups is 1. The molecule has 0 saturated carbocycles. The number of rotatable bonds is 1. The van der Waals surface area contributed by atoms with Gasteiger partial charge in [-0.15, -0.1) is 0 Å². The molecular formula is C9H7N3O3. The number of carbonyl (C=O) groups excluding carboxylic acids is 2. The molecule has 6 heteroatoms. The summed E-state index contributed by atoms with van der Waals surface area (Å²) in [5.41, 5.74) is 5.97. The molecule has 76 valence electrons. The fourth-order valence-corrected chi connectivity index (χ4v) is 1.32. The van der Waals surface area contributed by atoms with Crippen molar-refractivity contribution >= 4 is 17.7 Å². The van der Waals surface area contributed by atoms with E-state index in [0.717, 1.165) is 0 Å². The van der Waals surface area contributed by atoms with E-state index >= 15 is 0 Å². The van der Waals surface area contributed by atoms with Gasteiger partial charge in [-0.2, -0.15) is 9.98 Å². The lowest BCUT2D eigenvalue weighted by molar-refractivity contribution is 0.0602. The number of fused-ring (bicyclic) bond motifs is 1. The number of amides is 2. The molecular weight excluding hydrogens is 198 g/mol. The molecule has 2 N–H and O–H groups in total. The molecule has 6 nitrogen and oxygen atoms in total. The Bertz CT molecular complexity index is 577. The Labute approximate surface area is 84.1 Å². The molecule has 0 unspecified atom stereocenters. The number of carbonyl (C=O) groups is 2. The van der Waals surface area contributed by atoms with Crippen LogP contribution in [0.3, 0.4) is 0 Å². The SMILES string of the molecule is COC(=O)c1ccc2c(c1N)=NC(=O)N=2. The number of methoxy groups -OCH3 is 1. The highest BCUT2D eigenvalue weighted by molar-refractivity contribution is 5.95. The molecule has 0 saturated heterocycles. The lowest BCUT2D eigenvalue weighted by atomic mass is 10.1. The summed E-state index contributed by atoms with van der Waals surface area (Å²) >= 11 is 0. The van der Waals surface area contributed by atoms with E-state index in [2.05, 4.69) is 14.7 Å². The number of esters is 1. The second kappa shape index (κ2) is 3.16. The van der Waals surface area contributed by atoms with Gasteiger partial charge in [0.15, 0.2) is 0 Å². The van der Waals surface area contributed by atoms with Gasteiger partial charge in [0.05, 0.1) is 23.7 Å². The molecule has 0 bridgehead atoms. The van der Waals surface area contributed by atoms with Crippen LogP contribution >= 0.6 is 0 Å². The number of nitrogen functional groups attached to an aromatic ring is 1. The van der Waals surface area contributed by atoms with Crippen molar-refractivity contribution in [2.24, 2.45) is 9.98 Å². The van der Waals surface area contributed by atoms with E-state index in [1.807, 2.05) is 0 Å². The second-order valence-corrected chi connectivity index (χ2v) is 2.89. The van der Waals surface area contributed by atoms with Crippen LogP contribution in [0.1, 0.15) is 10.4 Å². The van der Waals surface area contributed by atoms with Crippen LogP contribution in [-0.2, 0) is 4.74 Å². The molecule has 1 aromatic rings. The summed E-state index contributed by atoms with van der Waals surface area (Å²) in [6.07, 6.45) is 0. The minimum atomic E-state index is -0.612. The van der Waals surface area contributed by atoms with Crippen molar-refractivity contribution in [1.29, 1.82) is 0 Å². The summed E-state index contributed by atoms with van der Waals surface area (Å²) in [6, 6.07) is 2.35. The highest BCUT2D eigenvalue weighted by Gasteiger charge is 2.15. The summed E-state index contributed by atoms with van der Waals surface area (Å²) in [5, 5.41) is 0.619. The van der Waals surface area contributed by atoms with Crippen LogP contribution in [0.25, 0.3) is 0 Å². The molecule has 1 heterocycles. The maximum Gasteiger partial charge on any atom is 0.368 e. The van der Waals surface area contributed by atoms with E-state index in [9.17, 15) is 9.59 Å². The first-order valence-electron chi connectivity index (χ1n) is 4.11. The molecule has 1 aliphatic rings. The first kappa shape index (κ1) is 9.32. The number of nitrogens with zero attached hydrogens (tertiary/aromatic N) is 2. The van der Waals surface area contributed by atoms with E-state index in [1.54, 1.807) is 0 Å². The number of ether oxygens (including phenoxy) is 1. The first-order chi connectivity index (χ1) is 7.13. The maximum atomic E-state index is 11.3. The third-order valence-corrected chi connectivity index (χ3v) is 2.02. The zero-order chi connectivity index (χ0) is 11.0. The Hall–Kier alpha value is -2.24. The molecule has 2 rings (SSSR count). The van der Waals surface area contributed by atoms with Gasteiger partial charge < -0.3 is 10.5 Å². The van der Waals surface area contributed by atoms with Crippen molar-refractivity contribution in [1.82, 2.24) is 0 Å². The van der Waals surface area contributed by atoms with Crippen molar-refractivity contribution in [3.05, 3.63) is 28.4 Å². The number of anilines is 1. The van der Waals surface area contributed by atoms with Crippen LogP contribution in [0.5, 0.6) is 0 Å². The highest BCUT2D eigenvalue weighted by atomic mass is 16.5. The third-order valence-electron chi connectivity index (χ3n) is 2.02. The van der Waals surface area contributed by atoms with Crippen molar-refractivity contribution in [3.8, 4) is 0 Å². The zero-order valence-corrected chi connectivity index (χ0v) is 7.85. The molecule has 0 atom stereocenters. The van der Waals surface area contributed by atoms with Gasteiger partial charge in [-0.1, -0.05) is 0 Å². The molecule has 15 heavy (non-hydrogen) atoms. The molecule has 1 aromatic carbocycles. The summed E-state index contributed by atoms with van der Waals surface area (Å²) in [6.45, 7) is 0. The molecule has 0 radical (unpaired) electrons. The largest absolute Gasteiger partial charge is 0.465 e. The fraction of sp³-hybridized carbons (Fsp3) is 0.111. The average Bonchev–Trinajstić information content (AvgIpc) is 2.59. The Kier molecular flexibility index (Phi) is 1.96. The molecule has 0 fully saturated rings. The van der Waals surface area contributed by atoms with Crippen molar-refractivity contribution in [2.45, 2.75) is 0 Å². The van der Waals surface area contributed by atoms with Crippen LogP contribution in [0.15, 0.2) is 22.1 Å². The smallest absolute Gasteiger partial charge is 0.368 e. The third kappa shape index (κ3) is 1.35. The minimum absolute atomic E-state index is 0.119. The van der Waals surface area contributed by atoms with Gasteiger partial charge in [0.25, 0.3) is 0 Å². The minimum Gasteiger partial charge on any atom is -0.465 e. The Morgan fingerprint density at radius 1 is 1.40 bits per heavy atom. The van der Waals surface area contributed by atoms with Gasteiger partial charge in [0.2, 0.25) is 0 Å². The normalized spacial score (nSPS) is 12.7. The lowest BCUT2D eigenvalue weighted by Gasteiger charge is -2.01. The summed E-state index contributed by atoms with van der Waals surface area (Å²) in [7, 11) is 1.25. The molecule has 2 amide bonds. The van der Waals surface area contributed by atoms with Gasteiger partial charge in [0, 0.05) is 0 Å². The van der Waals surface area contributed by atoms with Crippen LogP contribution in [0, 0.1) is 0 Å². The van der Waals surface area contributed by atoms with Crippen molar-refractivity contribution in [2.75, 3.05) is 12.8 Å². The molecule has 0 aromatic heterocycles. The lowest BCUT2D eigenvalue weighted by Crippen LogP contribution is -2.27. The standard InChI is InChI=1S/C9H7N3O3/c1-15-8(13)4-2-3-5-7(6(4)10)12-9(14)11-5/h2-3H,10H2,1H3. The van der Waals surface area contributed by atoms with E-state index < -0.39 is 12.0 Å². The predicted octanol–water partition coefficient (Wildman–Crippen LogP) is -0.572. The number of hydrogen-bond acceptors (Lipinski definition) is 4. The van der Waals surface area contributed by atoms with Crippen LogP contribution < -0.4 is 16.4 Å². The maximum absolute atomic E-state index is 11.3. The van der Waals surface area contributed by atoms with Gasteiger partial charge >= 0.3 is 12.0 Å². The average molecular weight is 205 g/mol. The topological polar surface area (TPSA) is 94.1 Å². The Balaban J connectivity index is 2.73. The summed E-state index contributed by atoms with van der Waals surface area (Å²) in [5.74, 6) is -0.565. The molecule has 0 aliphatic carbocycles. The number of hydrogen-bond donors (Lipinski definition) is 1. The van der Waals surface area contributed by atoms with E-state index in [-0.39, 0.29) is 16.6 Å². The number of benzene rings is 1. The number of nitrogens with two attached hydrogens (primary N) is 1.